The molecule has 5 heteroatoms. The summed E-state index contributed by atoms with van der Waals surface area (Å²) in [5.41, 5.74) is 6.26. The summed E-state index contributed by atoms with van der Waals surface area (Å²) in [4.78, 5) is 9.60. The summed E-state index contributed by atoms with van der Waals surface area (Å²) in [6, 6.07) is 8.07. The molecule has 0 spiro atoms. The fourth-order valence-electron chi connectivity index (χ4n) is 1.15. The predicted molar refractivity (Wildman–Crippen MR) is 68.2 cm³/mol. The molecule has 0 radical (unpaired) electrons. The standard InChI is InChI=1S/C11H10BrN3S/c12-8-2-1-3-10(4-8)16-11-7-14-9(5-13)6-15-11/h1-4,6-7H,5,13H2. The van der Waals surface area contributed by atoms with Crippen molar-refractivity contribution in [1.82, 2.24) is 9.97 Å². The predicted octanol–water partition coefficient (Wildman–Crippen LogP) is 2.85. The summed E-state index contributed by atoms with van der Waals surface area (Å²) < 4.78 is 1.06. The Morgan fingerprint density at radius 3 is 2.75 bits per heavy atom. The van der Waals surface area contributed by atoms with E-state index in [1.54, 1.807) is 24.2 Å². The van der Waals surface area contributed by atoms with Crippen molar-refractivity contribution in [2.24, 2.45) is 5.73 Å². The Kier molecular flexibility index (Phi) is 3.93. The van der Waals surface area contributed by atoms with Crippen LogP contribution in [0.1, 0.15) is 5.69 Å². The molecule has 1 heterocycles. The first-order valence-electron chi connectivity index (χ1n) is 4.72. The molecule has 0 saturated carbocycles. The van der Waals surface area contributed by atoms with Gasteiger partial charge in [0, 0.05) is 15.9 Å². The number of aromatic nitrogens is 2. The van der Waals surface area contributed by atoms with Crippen LogP contribution in [-0.2, 0) is 6.54 Å². The summed E-state index contributed by atoms with van der Waals surface area (Å²) >= 11 is 5.01. The van der Waals surface area contributed by atoms with Crippen LogP contribution in [0.5, 0.6) is 0 Å². The molecule has 16 heavy (non-hydrogen) atoms. The molecule has 3 nitrogen and oxygen atoms in total. The van der Waals surface area contributed by atoms with Gasteiger partial charge in [0.05, 0.1) is 18.1 Å². The average Bonchev–Trinajstić information content (AvgIpc) is 2.30. The SMILES string of the molecule is NCc1cnc(Sc2cccc(Br)c2)cn1. The van der Waals surface area contributed by atoms with Crippen LogP contribution in [0.4, 0.5) is 0 Å². The second-order valence-corrected chi connectivity index (χ2v) is 5.12. The van der Waals surface area contributed by atoms with E-state index in [0.717, 1.165) is 20.1 Å². The molecule has 0 aliphatic heterocycles. The van der Waals surface area contributed by atoms with Gasteiger partial charge in [-0.3, -0.25) is 4.98 Å². The maximum absolute atomic E-state index is 5.46. The number of benzene rings is 1. The van der Waals surface area contributed by atoms with E-state index in [1.807, 2.05) is 24.3 Å². The highest BCUT2D eigenvalue weighted by Gasteiger charge is 2.00. The van der Waals surface area contributed by atoms with Crippen LogP contribution in [0.3, 0.4) is 0 Å². The van der Waals surface area contributed by atoms with Gasteiger partial charge in [0.1, 0.15) is 5.03 Å². The first-order valence-corrected chi connectivity index (χ1v) is 6.33. The Hall–Kier alpha value is -0.910. The third-order valence-electron chi connectivity index (χ3n) is 1.91. The van der Waals surface area contributed by atoms with Crippen molar-refractivity contribution < 1.29 is 0 Å². The summed E-state index contributed by atoms with van der Waals surface area (Å²) in [7, 11) is 0. The van der Waals surface area contributed by atoms with Crippen LogP contribution in [0, 0.1) is 0 Å². The minimum atomic E-state index is 0.425. The summed E-state index contributed by atoms with van der Waals surface area (Å²) in [5.74, 6) is 0. The molecule has 1 aromatic heterocycles. The van der Waals surface area contributed by atoms with Gasteiger partial charge in [0.25, 0.3) is 0 Å². The molecule has 2 aromatic rings. The van der Waals surface area contributed by atoms with Crippen molar-refractivity contribution in [1.29, 1.82) is 0 Å². The zero-order valence-electron chi connectivity index (χ0n) is 8.43. The van der Waals surface area contributed by atoms with Gasteiger partial charge in [-0.2, -0.15) is 0 Å². The van der Waals surface area contributed by atoms with E-state index >= 15 is 0 Å². The van der Waals surface area contributed by atoms with Gasteiger partial charge < -0.3 is 5.73 Å². The highest BCUT2D eigenvalue weighted by Crippen LogP contribution is 2.27. The molecule has 0 atom stereocenters. The van der Waals surface area contributed by atoms with Gasteiger partial charge in [-0.25, -0.2) is 4.98 Å². The molecule has 0 aliphatic carbocycles. The van der Waals surface area contributed by atoms with Gasteiger partial charge in [-0.1, -0.05) is 33.8 Å². The van der Waals surface area contributed by atoms with Crippen LogP contribution in [-0.4, -0.2) is 9.97 Å². The lowest BCUT2D eigenvalue weighted by molar-refractivity contribution is 0.923. The quantitative estimate of drug-likeness (QED) is 0.946. The van der Waals surface area contributed by atoms with Crippen LogP contribution in [0.15, 0.2) is 51.1 Å². The van der Waals surface area contributed by atoms with Gasteiger partial charge in [0.15, 0.2) is 0 Å². The van der Waals surface area contributed by atoms with Crippen molar-refractivity contribution >= 4 is 27.7 Å². The zero-order valence-corrected chi connectivity index (χ0v) is 10.8. The van der Waals surface area contributed by atoms with Crippen molar-refractivity contribution in [2.75, 3.05) is 0 Å². The molecule has 0 aliphatic rings. The maximum atomic E-state index is 5.46. The third kappa shape index (κ3) is 3.04. The van der Waals surface area contributed by atoms with E-state index in [-0.39, 0.29) is 0 Å². The summed E-state index contributed by atoms with van der Waals surface area (Å²) in [5, 5.41) is 0.871. The van der Waals surface area contributed by atoms with Crippen LogP contribution < -0.4 is 5.73 Å². The van der Waals surface area contributed by atoms with E-state index in [9.17, 15) is 0 Å². The zero-order chi connectivity index (χ0) is 11.4. The third-order valence-corrected chi connectivity index (χ3v) is 3.31. The maximum Gasteiger partial charge on any atom is 0.119 e. The molecular weight excluding hydrogens is 286 g/mol. The van der Waals surface area contributed by atoms with Crippen molar-refractivity contribution in [3.63, 3.8) is 0 Å². The van der Waals surface area contributed by atoms with Crippen LogP contribution in [0.25, 0.3) is 0 Å². The van der Waals surface area contributed by atoms with Crippen molar-refractivity contribution in [3.05, 3.63) is 46.8 Å². The van der Waals surface area contributed by atoms with E-state index in [4.69, 9.17) is 5.73 Å². The number of hydrogen-bond acceptors (Lipinski definition) is 4. The first-order chi connectivity index (χ1) is 7.78. The van der Waals surface area contributed by atoms with Crippen molar-refractivity contribution in [3.8, 4) is 0 Å². The molecule has 82 valence electrons. The monoisotopic (exact) mass is 295 g/mol. The average molecular weight is 296 g/mol. The lowest BCUT2D eigenvalue weighted by Crippen LogP contribution is -1.99. The fourth-order valence-corrected chi connectivity index (χ4v) is 2.49. The lowest BCUT2D eigenvalue weighted by Gasteiger charge is -2.01. The van der Waals surface area contributed by atoms with Gasteiger partial charge in [-0.05, 0) is 18.2 Å². The van der Waals surface area contributed by atoms with E-state index in [1.165, 1.54) is 0 Å². The normalized spacial score (nSPS) is 10.4. The second kappa shape index (κ2) is 5.43. The Balaban J connectivity index is 2.14. The van der Waals surface area contributed by atoms with Gasteiger partial charge in [0.2, 0.25) is 0 Å². The number of nitrogens with zero attached hydrogens (tertiary/aromatic N) is 2. The van der Waals surface area contributed by atoms with Gasteiger partial charge >= 0.3 is 0 Å². The van der Waals surface area contributed by atoms with E-state index in [2.05, 4.69) is 25.9 Å². The molecule has 2 rings (SSSR count). The van der Waals surface area contributed by atoms with Gasteiger partial charge in [-0.15, -0.1) is 0 Å². The van der Waals surface area contributed by atoms with Crippen LogP contribution >= 0.6 is 27.7 Å². The summed E-state index contributed by atoms with van der Waals surface area (Å²) in [6.07, 6.45) is 3.45. The van der Waals surface area contributed by atoms with E-state index in [0.29, 0.717) is 6.54 Å². The minimum absolute atomic E-state index is 0.425. The second-order valence-electron chi connectivity index (χ2n) is 3.11. The van der Waals surface area contributed by atoms with E-state index < -0.39 is 0 Å². The Morgan fingerprint density at radius 1 is 1.25 bits per heavy atom. The van der Waals surface area contributed by atoms with Crippen molar-refractivity contribution in [2.45, 2.75) is 16.5 Å². The first kappa shape index (κ1) is 11.6. The molecule has 2 N–H and O–H groups in total. The number of halogens is 1. The topological polar surface area (TPSA) is 51.8 Å². The molecule has 0 bridgehead atoms. The smallest absolute Gasteiger partial charge is 0.119 e. The number of hydrogen-bond donors (Lipinski definition) is 1. The summed E-state index contributed by atoms with van der Waals surface area (Å²) in [6.45, 7) is 0.425. The molecular formula is C11H10BrN3S. The molecule has 0 amide bonds. The fraction of sp³-hybridized carbons (Fsp3) is 0.0909. The number of rotatable bonds is 3. The minimum Gasteiger partial charge on any atom is -0.325 e. The molecule has 1 aromatic carbocycles. The Bertz CT molecular complexity index is 473. The molecule has 0 unspecified atom stereocenters. The lowest BCUT2D eigenvalue weighted by atomic mass is 10.4. The highest BCUT2D eigenvalue weighted by atomic mass is 79.9. The highest BCUT2D eigenvalue weighted by molar-refractivity contribution is 9.10. The molecule has 0 saturated heterocycles. The largest absolute Gasteiger partial charge is 0.325 e. The number of nitrogens with two attached hydrogens (primary N) is 1. The Labute approximate surface area is 107 Å². The molecule has 0 fully saturated rings. The van der Waals surface area contributed by atoms with Crippen LogP contribution in [0.2, 0.25) is 0 Å². The Morgan fingerprint density at radius 2 is 2.12 bits per heavy atom.